The predicted octanol–water partition coefficient (Wildman–Crippen LogP) is 0.462. The molecule has 3 fully saturated rings. The Kier molecular flexibility index (Phi) is 3.63. The van der Waals surface area contributed by atoms with Gasteiger partial charge in [-0.1, -0.05) is 0 Å². The van der Waals surface area contributed by atoms with Crippen molar-refractivity contribution in [1.29, 1.82) is 0 Å². The molecule has 3 aliphatic heterocycles. The predicted molar refractivity (Wildman–Crippen MR) is 77.4 cm³/mol. The zero-order valence-corrected chi connectivity index (χ0v) is 13.1. The number of ether oxygens (including phenoxy) is 1. The Labute approximate surface area is 128 Å². The Bertz CT molecular complexity index is 497. The molecule has 0 aromatic rings. The molecule has 0 saturated carbocycles. The van der Waals surface area contributed by atoms with Gasteiger partial charge in [0.05, 0.1) is 11.5 Å². The second kappa shape index (κ2) is 5.19. The number of esters is 1. The molecule has 3 aliphatic rings. The van der Waals surface area contributed by atoms with Gasteiger partial charge in [-0.3, -0.25) is 9.59 Å². The van der Waals surface area contributed by atoms with Crippen LogP contribution in [0.3, 0.4) is 0 Å². The van der Waals surface area contributed by atoms with Gasteiger partial charge in [0.15, 0.2) is 0 Å². The lowest BCUT2D eigenvalue weighted by molar-refractivity contribution is -0.154. The Morgan fingerprint density at radius 3 is 2.86 bits per heavy atom. The topological polar surface area (TPSA) is 66.9 Å². The van der Waals surface area contributed by atoms with E-state index in [1.807, 2.05) is 6.92 Å². The average Bonchev–Trinajstić information content (AvgIpc) is 3.03. The minimum absolute atomic E-state index is 0.0419. The molecule has 0 N–H and O–H groups in total. The van der Waals surface area contributed by atoms with Crippen LogP contribution in [0.15, 0.2) is 0 Å². The summed E-state index contributed by atoms with van der Waals surface area (Å²) in [7, 11) is 1.76. The van der Waals surface area contributed by atoms with E-state index < -0.39 is 6.04 Å². The van der Waals surface area contributed by atoms with Crippen molar-refractivity contribution in [2.45, 2.75) is 37.1 Å². The Morgan fingerprint density at radius 1 is 1.43 bits per heavy atom. The molecular weight excluding hydrogens is 292 g/mol. The second-order valence-electron chi connectivity index (χ2n) is 6.24. The van der Waals surface area contributed by atoms with Gasteiger partial charge in [0, 0.05) is 38.1 Å². The van der Waals surface area contributed by atoms with E-state index in [0.717, 1.165) is 6.42 Å². The van der Waals surface area contributed by atoms with Crippen LogP contribution in [0.25, 0.3) is 0 Å². The van der Waals surface area contributed by atoms with Gasteiger partial charge in [0.25, 0.3) is 0 Å². The van der Waals surface area contributed by atoms with Crippen LogP contribution in [0.4, 0.5) is 0 Å². The molecule has 0 aromatic carbocycles. The van der Waals surface area contributed by atoms with Crippen LogP contribution in [-0.2, 0) is 19.1 Å². The number of fused-ring (bicyclic) bond motifs is 1. The summed E-state index contributed by atoms with van der Waals surface area (Å²) < 4.78 is 5.38. The maximum atomic E-state index is 12.3. The van der Waals surface area contributed by atoms with Gasteiger partial charge >= 0.3 is 5.97 Å². The molecule has 0 bridgehead atoms. The van der Waals surface area contributed by atoms with Crippen molar-refractivity contribution in [1.82, 2.24) is 9.80 Å². The van der Waals surface area contributed by atoms with Crippen LogP contribution in [0.2, 0.25) is 0 Å². The molecule has 0 spiro atoms. The summed E-state index contributed by atoms with van der Waals surface area (Å²) in [6.45, 7) is 2.90. The third kappa shape index (κ3) is 2.52. The lowest BCUT2D eigenvalue weighted by Crippen LogP contribution is -2.46. The summed E-state index contributed by atoms with van der Waals surface area (Å²) in [5.74, 6) is 0.476. The maximum Gasteiger partial charge on any atom is 0.329 e. The molecule has 3 saturated heterocycles. The number of carbonyl (C=O) groups is 3. The highest BCUT2D eigenvalue weighted by molar-refractivity contribution is 8.01. The van der Waals surface area contributed by atoms with Crippen molar-refractivity contribution < 1.29 is 19.1 Å². The number of likely N-dealkylation sites (tertiary alicyclic amines) is 1. The molecule has 0 unspecified atom stereocenters. The molecule has 3 heterocycles. The highest BCUT2D eigenvalue weighted by Crippen LogP contribution is 2.47. The molecule has 0 aliphatic carbocycles. The summed E-state index contributed by atoms with van der Waals surface area (Å²) in [6, 6.07) is -0.468. The molecule has 0 aromatic heterocycles. The summed E-state index contributed by atoms with van der Waals surface area (Å²) in [6.07, 6.45) is 1.74. The molecule has 116 valence electrons. The van der Waals surface area contributed by atoms with Gasteiger partial charge in [-0.25, -0.2) is 4.79 Å². The molecule has 6 nitrogen and oxygen atoms in total. The van der Waals surface area contributed by atoms with Gasteiger partial charge in [0.1, 0.15) is 6.04 Å². The fourth-order valence-corrected chi connectivity index (χ4v) is 4.78. The number of thioether (sulfide) groups is 1. The number of nitrogens with zero attached hydrogens (tertiary/aromatic N) is 2. The van der Waals surface area contributed by atoms with Gasteiger partial charge in [-0.2, -0.15) is 0 Å². The van der Waals surface area contributed by atoms with E-state index in [4.69, 9.17) is 4.74 Å². The zero-order valence-electron chi connectivity index (χ0n) is 12.3. The van der Waals surface area contributed by atoms with Crippen LogP contribution < -0.4 is 0 Å². The van der Waals surface area contributed by atoms with Crippen LogP contribution in [0, 0.1) is 5.92 Å². The van der Waals surface area contributed by atoms with E-state index >= 15 is 0 Å². The second-order valence-corrected chi connectivity index (χ2v) is 7.74. The highest BCUT2D eigenvalue weighted by atomic mass is 32.2. The molecule has 3 rings (SSSR count). The standard InChI is InChI=1S/C14H20N2O4S/c1-14-4-3-11(17)16(14)10(8-21-14)13(19)20-7-9-5-12(18)15(2)6-9/h9-10H,3-8H2,1-2H3/t9-,10+,14+/m1/s1. The molecular formula is C14H20N2O4S. The van der Waals surface area contributed by atoms with Crippen molar-refractivity contribution in [3.8, 4) is 0 Å². The van der Waals surface area contributed by atoms with E-state index in [1.165, 1.54) is 0 Å². The Balaban J connectivity index is 1.57. The first-order valence-electron chi connectivity index (χ1n) is 7.27. The third-order valence-electron chi connectivity index (χ3n) is 4.60. The first-order valence-corrected chi connectivity index (χ1v) is 8.26. The molecule has 21 heavy (non-hydrogen) atoms. The van der Waals surface area contributed by atoms with Crippen LogP contribution in [0.5, 0.6) is 0 Å². The van der Waals surface area contributed by atoms with Crippen molar-refractivity contribution >= 4 is 29.5 Å². The monoisotopic (exact) mass is 312 g/mol. The minimum Gasteiger partial charge on any atom is -0.464 e. The largest absolute Gasteiger partial charge is 0.464 e. The van der Waals surface area contributed by atoms with E-state index in [-0.39, 0.29) is 35.2 Å². The Morgan fingerprint density at radius 2 is 2.19 bits per heavy atom. The van der Waals surface area contributed by atoms with Crippen molar-refractivity contribution in [2.24, 2.45) is 5.92 Å². The summed E-state index contributed by atoms with van der Waals surface area (Å²) in [5.41, 5.74) is 0. The molecule has 2 amide bonds. The van der Waals surface area contributed by atoms with Crippen molar-refractivity contribution in [3.05, 3.63) is 0 Å². The number of hydrogen-bond acceptors (Lipinski definition) is 5. The minimum atomic E-state index is -0.468. The average molecular weight is 312 g/mol. The van der Waals surface area contributed by atoms with E-state index in [1.54, 1.807) is 28.6 Å². The van der Waals surface area contributed by atoms with Crippen LogP contribution in [-0.4, -0.2) is 64.4 Å². The fraction of sp³-hybridized carbons (Fsp3) is 0.786. The van der Waals surface area contributed by atoms with Crippen LogP contribution in [0.1, 0.15) is 26.2 Å². The SMILES string of the molecule is CN1C[C@H](COC(=O)[C@@H]2CS[C@@]3(C)CCC(=O)N23)CC1=O. The molecule has 7 heteroatoms. The third-order valence-corrected chi connectivity index (χ3v) is 6.10. The molecule has 3 atom stereocenters. The fourth-order valence-electron chi connectivity index (χ4n) is 3.36. The highest BCUT2D eigenvalue weighted by Gasteiger charge is 2.53. The van der Waals surface area contributed by atoms with E-state index in [0.29, 0.717) is 25.1 Å². The lowest BCUT2D eigenvalue weighted by atomic mass is 10.1. The van der Waals surface area contributed by atoms with Crippen molar-refractivity contribution in [3.63, 3.8) is 0 Å². The normalized spacial score (nSPS) is 35.5. The summed E-state index contributed by atoms with van der Waals surface area (Å²) >= 11 is 1.66. The summed E-state index contributed by atoms with van der Waals surface area (Å²) in [5, 5.41) is 0. The van der Waals surface area contributed by atoms with Gasteiger partial charge in [-0.15, -0.1) is 11.8 Å². The lowest BCUT2D eigenvalue weighted by Gasteiger charge is -2.29. The zero-order chi connectivity index (χ0) is 15.2. The van der Waals surface area contributed by atoms with Gasteiger partial charge in [0.2, 0.25) is 11.8 Å². The first kappa shape index (κ1) is 14.7. The smallest absolute Gasteiger partial charge is 0.329 e. The van der Waals surface area contributed by atoms with Crippen molar-refractivity contribution in [2.75, 3.05) is 26.0 Å². The summed E-state index contributed by atoms with van der Waals surface area (Å²) in [4.78, 5) is 38.8. The van der Waals surface area contributed by atoms with Gasteiger partial charge < -0.3 is 14.5 Å². The van der Waals surface area contributed by atoms with E-state index in [9.17, 15) is 14.4 Å². The van der Waals surface area contributed by atoms with Gasteiger partial charge in [-0.05, 0) is 13.3 Å². The number of amides is 2. The number of hydrogen-bond donors (Lipinski definition) is 0. The number of rotatable bonds is 3. The maximum absolute atomic E-state index is 12.3. The van der Waals surface area contributed by atoms with Crippen LogP contribution >= 0.6 is 11.8 Å². The molecule has 0 radical (unpaired) electrons. The number of carbonyl (C=O) groups excluding carboxylic acids is 3. The van der Waals surface area contributed by atoms with E-state index in [2.05, 4.69) is 0 Å². The Hall–Kier alpha value is -1.24. The quantitative estimate of drug-likeness (QED) is 0.708. The first-order chi connectivity index (χ1) is 9.90.